The smallest absolute Gasteiger partial charge is 0.0195 e. The highest BCUT2D eigenvalue weighted by Crippen LogP contribution is 2.21. The fourth-order valence-corrected chi connectivity index (χ4v) is 1.62. The van der Waals surface area contributed by atoms with Gasteiger partial charge in [-0.25, -0.2) is 0 Å². The number of allylic oxidation sites excluding steroid dienone is 3. The zero-order valence-corrected chi connectivity index (χ0v) is 7.03. The molecule has 2 aliphatic rings. The van der Waals surface area contributed by atoms with Gasteiger partial charge in [0.25, 0.3) is 0 Å². The second-order valence-corrected chi connectivity index (χ2v) is 3.61. The number of hydrogen-bond donors (Lipinski definition) is 0. The molecule has 1 fully saturated rings. The lowest BCUT2D eigenvalue weighted by molar-refractivity contribution is 0.441. The highest BCUT2D eigenvalue weighted by atomic mass is 15.3. The minimum absolute atomic E-state index is 0.782. The van der Waals surface area contributed by atoms with Gasteiger partial charge in [-0.15, -0.1) is 0 Å². The van der Waals surface area contributed by atoms with Gasteiger partial charge >= 0.3 is 0 Å². The highest BCUT2D eigenvalue weighted by molar-refractivity contribution is 5.11. The van der Waals surface area contributed by atoms with Crippen LogP contribution in [0.2, 0.25) is 0 Å². The monoisotopic (exact) mass is 149 g/mol. The topological polar surface area (TPSA) is 3.01 Å². The molecule has 0 aromatic heterocycles. The minimum Gasteiger partial charge on any atom is -0.297 e. The predicted molar refractivity (Wildman–Crippen MR) is 47.4 cm³/mol. The summed E-state index contributed by atoms with van der Waals surface area (Å²) < 4.78 is 0. The van der Waals surface area contributed by atoms with Gasteiger partial charge in [0.1, 0.15) is 0 Å². The van der Waals surface area contributed by atoms with Crippen LogP contribution >= 0.6 is 0 Å². The maximum atomic E-state index is 2.52. The number of rotatable bonds is 2. The molecule has 1 heteroatoms. The molecule has 0 N–H and O–H groups in total. The van der Waals surface area contributed by atoms with Crippen LogP contribution in [-0.4, -0.2) is 24.0 Å². The average Bonchev–Trinajstić information content (AvgIpc) is 2.69. The van der Waals surface area contributed by atoms with E-state index in [1.165, 1.54) is 19.5 Å². The molecule has 0 amide bonds. The summed E-state index contributed by atoms with van der Waals surface area (Å²) in [5.41, 5.74) is 0. The molecule has 1 saturated heterocycles. The van der Waals surface area contributed by atoms with E-state index in [9.17, 15) is 0 Å². The molecule has 3 atom stereocenters. The Balaban J connectivity index is 1.79. The first-order valence-electron chi connectivity index (χ1n) is 4.43. The van der Waals surface area contributed by atoms with Crippen LogP contribution in [-0.2, 0) is 0 Å². The van der Waals surface area contributed by atoms with Gasteiger partial charge in [-0.2, -0.15) is 0 Å². The quantitative estimate of drug-likeness (QED) is 0.541. The standard InChI is InChI=1S/C10H15N/c1-9-7-11(9)8-10-5-3-2-4-6-10/h2-5,9-10H,6-8H2,1H3. The lowest BCUT2D eigenvalue weighted by atomic mass is 10.0. The third kappa shape index (κ3) is 1.72. The Kier molecular flexibility index (Phi) is 1.82. The van der Waals surface area contributed by atoms with Crippen LogP contribution in [0.1, 0.15) is 13.3 Å². The van der Waals surface area contributed by atoms with Crippen molar-refractivity contribution in [3.63, 3.8) is 0 Å². The molecule has 1 aliphatic heterocycles. The summed E-state index contributed by atoms with van der Waals surface area (Å²) in [5.74, 6) is 0.782. The fraction of sp³-hybridized carbons (Fsp3) is 0.600. The fourth-order valence-electron chi connectivity index (χ4n) is 1.62. The average molecular weight is 149 g/mol. The SMILES string of the molecule is CC1CN1CC1C=CC=CC1. The minimum atomic E-state index is 0.782. The Labute approximate surface area is 68.4 Å². The van der Waals surface area contributed by atoms with Crippen molar-refractivity contribution in [3.05, 3.63) is 24.3 Å². The molecule has 0 saturated carbocycles. The van der Waals surface area contributed by atoms with Gasteiger partial charge < -0.3 is 0 Å². The van der Waals surface area contributed by atoms with E-state index in [1.807, 2.05) is 0 Å². The van der Waals surface area contributed by atoms with Gasteiger partial charge in [-0.1, -0.05) is 24.3 Å². The molecular weight excluding hydrogens is 134 g/mol. The summed E-state index contributed by atoms with van der Waals surface area (Å²) in [5, 5.41) is 0. The molecule has 0 aromatic rings. The lowest BCUT2D eigenvalue weighted by Crippen LogP contribution is -2.13. The van der Waals surface area contributed by atoms with Crippen LogP contribution in [0.15, 0.2) is 24.3 Å². The second kappa shape index (κ2) is 2.82. The third-order valence-corrected chi connectivity index (χ3v) is 2.53. The summed E-state index contributed by atoms with van der Waals surface area (Å²) in [6, 6.07) is 0.856. The first-order chi connectivity index (χ1) is 5.36. The van der Waals surface area contributed by atoms with Crippen molar-refractivity contribution >= 4 is 0 Å². The lowest BCUT2D eigenvalue weighted by Gasteiger charge is -2.12. The van der Waals surface area contributed by atoms with Crippen molar-refractivity contribution in [2.24, 2.45) is 5.92 Å². The van der Waals surface area contributed by atoms with Crippen LogP contribution in [0, 0.1) is 5.92 Å². The highest BCUT2D eigenvalue weighted by Gasteiger charge is 2.29. The van der Waals surface area contributed by atoms with E-state index in [0.717, 1.165) is 12.0 Å². The molecule has 0 bridgehead atoms. The molecule has 60 valence electrons. The molecule has 1 nitrogen and oxygen atoms in total. The van der Waals surface area contributed by atoms with E-state index in [-0.39, 0.29) is 0 Å². The van der Waals surface area contributed by atoms with Crippen molar-refractivity contribution in [3.8, 4) is 0 Å². The first kappa shape index (κ1) is 7.11. The zero-order chi connectivity index (χ0) is 7.68. The summed E-state index contributed by atoms with van der Waals surface area (Å²) in [4.78, 5) is 2.52. The maximum absolute atomic E-state index is 2.52. The molecule has 0 aromatic carbocycles. The van der Waals surface area contributed by atoms with Crippen molar-refractivity contribution in [2.45, 2.75) is 19.4 Å². The van der Waals surface area contributed by atoms with E-state index in [4.69, 9.17) is 0 Å². The van der Waals surface area contributed by atoms with Crippen molar-refractivity contribution < 1.29 is 0 Å². The molecule has 0 spiro atoms. The molecule has 1 aliphatic carbocycles. The normalized spacial score (nSPS) is 41.0. The summed E-state index contributed by atoms with van der Waals surface area (Å²) >= 11 is 0. The van der Waals surface area contributed by atoms with Crippen LogP contribution < -0.4 is 0 Å². The Hall–Kier alpha value is -0.560. The molecule has 3 unspecified atom stereocenters. The predicted octanol–water partition coefficient (Wildman–Crippen LogP) is 1.82. The van der Waals surface area contributed by atoms with Gasteiger partial charge in [0.05, 0.1) is 0 Å². The van der Waals surface area contributed by atoms with Gasteiger partial charge in [0.2, 0.25) is 0 Å². The van der Waals surface area contributed by atoms with E-state index >= 15 is 0 Å². The summed E-state index contributed by atoms with van der Waals surface area (Å²) in [6.07, 6.45) is 10.1. The van der Waals surface area contributed by atoms with Gasteiger partial charge in [0.15, 0.2) is 0 Å². The summed E-state index contributed by atoms with van der Waals surface area (Å²) in [7, 11) is 0. The molecule has 11 heavy (non-hydrogen) atoms. The molecule has 2 rings (SSSR count). The third-order valence-electron chi connectivity index (χ3n) is 2.53. The number of hydrogen-bond acceptors (Lipinski definition) is 1. The Morgan fingerprint density at radius 3 is 2.82 bits per heavy atom. The largest absolute Gasteiger partial charge is 0.297 e. The van der Waals surface area contributed by atoms with Gasteiger partial charge in [-0.05, 0) is 19.3 Å². The van der Waals surface area contributed by atoms with E-state index in [0.29, 0.717) is 0 Å². The molecular formula is C10H15N. The van der Waals surface area contributed by atoms with Gasteiger partial charge in [-0.3, -0.25) is 4.90 Å². The van der Waals surface area contributed by atoms with E-state index < -0.39 is 0 Å². The maximum Gasteiger partial charge on any atom is 0.0195 e. The zero-order valence-electron chi connectivity index (χ0n) is 7.03. The van der Waals surface area contributed by atoms with Gasteiger partial charge in [0, 0.05) is 19.1 Å². The Morgan fingerprint density at radius 1 is 1.45 bits per heavy atom. The van der Waals surface area contributed by atoms with Crippen LogP contribution in [0.5, 0.6) is 0 Å². The van der Waals surface area contributed by atoms with Crippen LogP contribution in [0.4, 0.5) is 0 Å². The molecule has 0 radical (unpaired) electrons. The van der Waals surface area contributed by atoms with E-state index in [1.54, 1.807) is 0 Å². The van der Waals surface area contributed by atoms with Crippen molar-refractivity contribution in [2.75, 3.05) is 13.1 Å². The Bertz CT molecular complexity index is 193. The Morgan fingerprint density at radius 2 is 2.27 bits per heavy atom. The number of nitrogens with zero attached hydrogens (tertiary/aromatic N) is 1. The van der Waals surface area contributed by atoms with Crippen molar-refractivity contribution in [1.29, 1.82) is 0 Å². The van der Waals surface area contributed by atoms with E-state index in [2.05, 4.69) is 36.1 Å². The first-order valence-corrected chi connectivity index (χ1v) is 4.43. The second-order valence-electron chi connectivity index (χ2n) is 3.61. The summed E-state index contributed by atoms with van der Waals surface area (Å²) in [6.45, 7) is 4.87. The van der Waals surface area contributed by atoms with Crippen LogP contribution in [0.25, 0.3) is 0 Å². The van der Waals surface area contributed by atoms with Crippen LogP contribution in [0.3, 0.4) is 0 Å². The van der Waals surface area contributed by atoms with Crippen molar-refractivity contribution in [1.82, 2.24) is 4.90 Å². The molecule has 1 heterocycles.